The summed E-state index contributed by atoms with van der Waals surface area (Å²) in [6.07, 6.45) is 1.93. The Morgan fingerprint density at radius 3 is 2.24 bits per heavy atom. The fourth-order valence-electron chi connectivity index (χ4n) is 5.27. The number of piperazine rings is 1. The van der Waals surface area contributed by atoms with E-state index in [0.29, 0.717) is 6.04 Å². The molecule has 1 aliphatic heterocycles. The van der Waals surface area contributed by atoms with Gasteiger partial charge in [-0.15, -0.1) is 0 Å². The highest BCUT2D eigenvalue weighted by Crippen LogP contribution is 2.36. The molecule has 0 bridgehead atoms. The molecule has 4 rings (SSSR count). The quantitative estimate of drug-likeness (QED) is 0.452. The standard InChI is InChI=1S/C28H37N5/c1-22(2)28(21-29,24-11-6-5-7-12-24)15-10-16-31-17-19-32(20-18-31)27-30-25-13-8-9-14-26(25)33(27)23(3)4/h5-9,11-14,22-23H,10,15-20H2,1-4H3. The molecule has 174 valence electrons. The van der Waals surface area contributed by atoms with E-state index in [4.69, 9.17) is 4.98 Å². The van der Waals surface area contributed by atoms with Crippen LogP contribution in [0.3, 0.4) is 0 Å². The van der Waals surface area contributed by atoms with Crippen molar-refractivity contribution in [1.82, 2.24) is 14.5 Å². The van der Waals surface area contributed by atoms with Gasteiger partial charge in [0.1, 0.15) is 0 Å². The van der Waals surface area contributed by atoms with E-state index in [2.05, 4.69) is 84.5 Å². The second-order valence-electron chi connectivity index (χ2n) is 9.90. The van der Waals surface area contributed by atoms with Gasteiger partial charge >= 0.3 is 0 Å². The molecule has 5 heteroatoms. The first-order valence-corrected chi connectivity index (χ1v) is 12.4. The summed E-state index contributed by atoms with van der Waals surface area (Å²) >= 11 is 0. The molecule has 1 aliphatic rings. The molecule has 5 nitrogen and oxygen atoms in total. The van der Waals surface area contributed by atoms with Gasteiger partial charge in [-0.1, -0.05) is 56.3 Å². The molecule has 33 heavy (non-hydrogen) atoms. The van der Waals surface area contributed by atoms with Crippen LogP contribution in [0.15, 0.2) is 54.6 Å². The Labute approximate surface area is 198 Å². The van der Waals surface area contributed by atoms with E-state index in [-0.39, 0.29) is 5.92 Å². The number of anilines is 1. The molecule has 2 heterocycles. The van der Waals surface area contributed by atoms with Crippen LogP contribution in [0.4, 0.5) is 5.95 Å². The van der Waals surface area contributed by atoms with E-state index in [1.54, 1.807) is 0 Å². The Balaban J connectivity index is 1.38. The number of nitrogens with zero attached hydrogens (tertiary/aromatic N) is 5. The fraction of sp³-hybridized carbons (Fsp3) is 0.500. The van der Waals surface area contributed by atoms with Crippen LogP contribution in [0.5, 0.6) is 0 Å². The largest absolute Gasteiger partial charge is 0.340 e. The van der Waals surface area contributed by atoms with Gasteiger partial charge in [0, 0.05) is 32.2 Å². The molecule has 0 amide bonds. The van der Waals surface area contributed by atoms with Gasteiger partial charge in [0.25, 0.3) is 0 Å². The number of fused-ring (bicyclic) bond motifs is 1. The number of imidazole rings is 1. The lowest BCUT2D eigenvalue weighted by Gasteiger charge is -2.37. The molecule has 1 fully saturated rings. The lowest BCUT2D eigenvalue weighted by Crippen LogP contribution is -2.47. The second kappa shape index (κ2) is 9.97. The highest BCUT2D eigenvalue weighted by atomic mass is 15.4. The predicted octanol–water partition coefficient (Wildman–Crippen LogP) is 5.64. The first kappa shape index (κ1) is 23.3. The minimum absolute atomic E-state index is 0.283. The molecule has 3 aromatic rings. The summed E-state index contributed by atoms with van der Waals surface area (Å²) < 4.78 is 2.37. The molecule has 1 aromatic heterocycles. The van der Waals surface area contributed by atoms with Gasteiger partial charge in [0.15, 0.2) is 0 Å². The molecule has 0 radical (unpaired) electrons. The molecule has 1 atom stereocenters. The number of aromatic nitrogens is 2. The molecule has 1 unspecified atom stereocenters. The number of benzene rings is 2. The predicted molar refractivity (Wildman–Crippen MR) is 137 cm³/mol. The zero-order valence-electron chi connectivity index (χ0n) is 20.5. The van der Waals surface area contributed by atoms with E-state index in [9.17, 15) is 5.26 Å². The smallest absolute Gasteiger partial charge is 0.206 e. The zero-order valence-corrected chi connectivity index (χ0v) is 20.5. The molecule has 0 spiro atoms. The third-order valence-corrected chi connectivity index (χ3v) is 7.27. The maximum absolute atomic E-state index is 10.1. The molecular weight excluding hydrogens is 406 g/mol. The van der Waals surface area contributed by atoms with E-state index in [0.717, 1.165) is 62.6 Å². The second-order valence-corrected chi connectivity index (χ2v) is 9.90. The van der Waals surface area contributed by atoms with Gasteiger partial charge in [-0.25, -0.2) is 4.98 Å². The van der Waals surface area contributed by atoms with Crippen LogP contribution in [0.1, 0.15) is 52.1 Å². The van der Waals surface area contributed by atoms with Crippen LogP contribution >= 0.6 is 0 Å². The van der Waals surface area contributed by atoms with Crippen molar-refractivity contribution in [3.8, 4) is 6.07 Å². The van der Waals surface area contributed by atoms with Crippen LogP contribution in [0.2, 0.25) is 0 Å². The van der Waals surface area contributed by atoms with Gasteiger partial charge in [-0.05, 0) is 56.8 Å². The molecule has 0 N–H and O–H groups in total. The van der Waals surface area contributed by atoms with E-state index < -0.39 is 5.41 Å². The maximum atomic E-state index is 10.1. The lowest BCUT2D eigenvalue weighted by atomic mass is 9.70. The van der Waals surface area contributed by atoms with Crippen LogP contribution in [-0.4, -0.2) is 47.2 Å². The van der Waals surface area contributed by atoms with Gasteiger partial charge in [-0.2, -0.15) is 5.26 Å². The summed E-state index contributed by atoms with van der Waals surface area (Å²) in [6.45, 7) is 13.9. The zero-order chi connectivity index (χ0) is 23.4. The van der Waals surface area contributed by atoms with Crippen LogP contribution in [0, 0.1) is 17.2 Å². The summed E-state index contributed by atoms with van der Waals surface area (Å²) in [4.78, 5) is 9.96. The van der Waals surface area contributed by atoms with Gasteiger partial charge < -0.3 is 9.47 Å². The van der Waals surface area contributed by atoms with Crippen LogP contribution in [0.25, 0.3) is 11.0 Å². The molecule has 0 aliphatic carbocycles. The van der Waals surface area contributed by atoms with Crippen molar-refractivity contribution >= 4 is 17.0 Å². The van der Waals surface area contributed by atoms with Crippen molar-refractivity contribution in [2.45, 2.75) is 52.0 Å². The number of para-hydroxylation sites is 2. The third kappa shape index (κ3) is 4.63. The van der Waals surface area contributed by atoms with E-state index >= 15 is 0 Å². The van der Waals surface area contributed by atoms with Crippen molar-refractivity contribution in [2.24, 2.45) is 5.92 Å². The normalized spacial score (nSPS) is 16.9. The lowest BCUT2D eigenvalue weighted by molar-refractivity contribution is 0.237. The maximum Gasteiger partial charge on any atom is 0.206 e. The summed E-state index contributed by atoms with van der Waals surface area (Å²) in [5.74, 6) is 1.38. The van der Waals surface area contributed by atoms with Gasteiger partial charge in [-0.3, -0.25) is 4.90 Å². The number of nitriles is 1. The van der Waals surface area contributed by atoms with Crippen molar-refractivity contribution in [2.75, 3.05) is 37.6 Å². The highest BCUT2D eigenvalue weighted by Gasteiger charge is 2.35. The Hall–Kier alpha value is -2.84. The Kier molecular flexibility index (Phi) is 7.05. The van der Waals surface area contributed by atoms with Crippen LogP contribution < -0.4 is 4.90 Å². The average molecular weight is 444 g/mol. The van der Waals surface area contributed by atoms with Gasteiger partial charge in [0.2, 0.25) is 5.95 Å². The molecule has 0 saturated carbocycles. The Bertz CT molecular complexity index is 1090. The topological polar surface area (TPSA) is 48.1 Å². The van der Waals surface area contributed by atoms with Crippen molar-refractivity contribution in [1.29, 1.82) is 5.26 Å². The number of hydrogen-bond acceptors (Lipinski definition) is 4. The summed E-state index contributed by atoms with van der Waals surface area (Å²) in [5.41, 5.74) is 3.03. The third-order valence-electron chi connectivity index (χ3n) is 7.27. The summed E-state index contributed by atoms with van der Waals surface area (Å²) in [6, 6.07) is 21.9. The molecule has 2 aromatic carbocycles. The summed E-state index contributed by atoms with van der Waals surface area (Å²) in [7, 11) is 0. The van der Waals surface area contributed by atoms with E-state index in [1.807, 2.05) is 18.2 Å². The van der Waals surface area contributed by atoms with Crippen molar-refractivity contribution < 1.29 is 0 Å². The average Bonchev–Trinajstić information content (AvgIpc) is 3.23. The first-order valence-electron chi connectivity index (χ1n) is 12.4. The Morgan fingerprint density at radius 1 is 0.939 bits per heavy atom. The first-order chi connectivity index (χ1) is 16.0. The summed E-state index contributed by atoms with van der Waals surface area (Å²) in [5, 5.41) is 10.1. The Morgan fingerprint density at radius 2 is 1.61 bits per heavy atom. The molecular formula is C28H37N5. The van der Waals surface area contributed by atoms with Gasteiger partial charge in [0.05, 0.1) is 22.5 Å². The fourth-order valence-corrected chi connectivity index (χ4v) is 5.27. The molecule has 1 saturated heterocycles. The SMILES string of the molecule is CC(C)n1c(N2CCN(CCCC(C#N)(c3ccccc3)C(C)C)CC2)nc2ccccc21. The highest BCUT2D eigenvalue weighted by molar-refractivity contribution is 5.79. The minimum Gasteiger partial charge on any atom is -0.340 e. The van der Waals surface area contributed by atoms with E-state index in [1.165, 1.54) is 5.52 Å². The number of hydrogen-bond donors (Lipinski definition) is 0. The van der Waals surface area contributed by atoms with Crippen LogP contribution in [-0.2, 0) is 5.41 Å². The van der Waals surface area contributed by atoms with Crippen molar-refractivity contribution in [3.05, 3.63) is 60.2 Å². The number of rotatable bonds is 8. The minimum atomic E-state index is -0.412. The monoisotopic (exact) mass is 443 g/mol. The van der Waals surface area contributed by atoms with Crippen molar-refractivity contribution in [3.63, 3.8) is 0 Å².